The lowest BCUT2D eigenvalue weighted by Crippen LogP contribution is -2.05. The van der Waals surface area contributed by atoms with Crippen LogP contribution in [0.4, 0.5) is 0 Å². The molecule has 2 nitrogen and oxygen atoms in total. The molecule has 0 radical (unpaired) electrons. The van der Waals surface area contributed by atoms with Gasteiger partial charge in [0.1, 0.15) is 5.75 Å². The predicted molar refractivity (Wildman–Crippen MR) is 53.1 cm³/mol. The minimum absolute atomic E-state index is 0.0326. The quantitative estimate of drug-likeness (QED) is 0.627. The summed E-state index contributed by atoms with van der Waals surface area (Å²) >= 11 is 0. The van der Waals surface area contributed by atoms with Crippen LogP contribution in [0.1, 0.15) is 22.8 Å². The van der Waals surface area contributed by atoms with Crippen molar-refractivity contribution in [2.45, 2.75) is 13.3 Å². The first-order chi connectivity index (χ1) is 6.74. The lowest BCUT2D eigenvalue weighted by molar-refractivity contribution is 0.0964. The Balaban J connectivity index is 2.48. The molecular weight excluding hydrogens is 176 g/mol. The molecule has 70 valence electrons. The Morgan fingerprint density at radius 3 is 2.93 bits per heavy atom. The van der Waals surface area contributed by atoms with Crippen molar-refractivity contribution < 1.29 is 9.90 Å². The van der Waals surface area contributed by atoms with Crippen molar-refractivity contribution in [3.8, 4) is 17.6 Å². The van der Waals surface area contributed by atoms with Crippen LogP contribution in [0.3, 0.4) is 0 Å². The monoisotopic (exact) mass is 186 g/mol. The highest BCUT2D eigenvalue weighted by Crippen LogP contribution is 2.32. The minimum Gasteiger partial charge on any atom is -0.508 e. The molecule has 0 bridgehead atoms. The van der Waals surface area contributed by atoms with Crippen LogP contribution in [0.25, 0.3) is 0 Å². The van der Waals surface area contributed by atoms with E-state index in [-0.39, 0.29) is 17.5 Å². The number of hydrogen-bond acceptors (Lipinski definition) is 2. The van der Waals surface area contributed by atoms with Gasteiger partial charge in [0.25, 0.3) is 0 Å². The summed E-state index contributed by atoms with van der Waals surface area (Å²) in [7, 11) is 0. The number of hydrogen-bond donors (Lipinski definition) is 1. The second kappa shape index (κ2) is 3.19. The number of phenols is 1. The van der Waals surface area contributed by atoms with E-state index in [1.165, 1.54) is 0 Å². The van der Waals surface area contributed by atoms with E-state index in [4.69, 9.17) is 0 Å². The molecule has 1 N–H and O–H groups in total. The normalized spacial score (nSPS) is 18.6. The molecule has 1 atom stereocenters. The van der Waals surface area contributed by atoms with Crippen molar-refractivity contribution in [2.24, 2.45) is 5.92 Å². The first kappa shape index (κ1) is 8.83. The van der Waals surface area contributed by atoms with Gasteiger partial charge < -0.3 is 5.11 Å². The van der Waals surface area contributed by atoms with Gasteiger partial charge in [-0.3, -0.25) is 4.79 Å². The van der Waals surface area contributed by atoms with Crippen LogP contribution < -0.4 is 0 Å². The number of benzene rings is 1. The summed E-state index contributed by atoms with van der Waals surface area (Å²) in [6, 6.07) is 5.04. The number of fused-ring (bicyclic) bond motifs is 1. The van der Waals surface area contributed by atoms with Crippen LogP contribution in [-0.4, -0.2) is 10.9 Å². The van der Waals surface area contributed by atoms with E-state index in [0.717, 1.165) is 5.56 Å². The second-order valence-corrected chi connectivity index (χ2v) is 3.32. The van der Waals surface area contributed by atoms with Gasteiger partial charge in [0.15, 0.2) is 5.78 Å². The largest absolute Gasteiger partial charge is 0.508 e. The number of carbonyl (C=O) groups excluding carboxylic acids is 1. The highest BCUT2D eigenvalue weighted by atomic mass is 16.3. The Morgan fingerprint density at radius 2 is 2.29 bits per heavy atom. The summed E-state index contributed by atoms with van der Waals surface area (Å²) in [5, 5.41) is 9.53. The van der Waals surface area contributed by atoms with Crippen molar-refractivity contribution >= 4 is 5.78 Å². The SMILES string of the molecule is CC#CC1Cc2c(O)cccc2C1=O. The molecule has 0 spiro atoms. The van der Waals surface area contributed by atoms with Crippen LogP contribution in [0.15, 0.2) is 18.2 Å². The highest BCUT2D eigenvalue weighted by molar-refractivity contribution is 6.04. The van der Waals surface area contributed by atoms with E-state index in [2.05, 4.69) is 11.8 Å². The van der Waals surface area contributed by atoms with Gasteiger partial charge >= 0.3 is 0 Å². The van der Waals surface area contributed by atoms with Gasteiger partial charge in [-0.05, 0) is 19.4 Å². The van der Waals surface area contributed by atoms with E-state index < -0.39 is 0 Å². The number of aromatic hydroxyl groups is 1. The molecule has 2 rings (SSSR count). The summed E-state index contributed by atoms with van der Waals surface area (Å²) in [6.45, 7) is 1.72. The molecule has 0 aliphatic heterocycles. The maximum absolute atomic E-state index is 11.7. The van der Waals surface area contributed by atoms with Gasteiger partial charge in [0, 0.05) is 11.1 Å². The lowest BCUT2D eigenvalue weighted by Gasteiger charge is -1.98. The molecule has 1 unspecified atom stereocenters. The Kier molecular flexibility index (Phi) is 2.01. The second-order valence-electron chi connectivity index (χ2n) is 3.32. The average Bonchev–Trinajstić information content (AvgIpc) is 2.48. The standard InChI is InChI=1S/C12H10O2/c1-2-4-8-7-10-9(12(8)14)5-3-6-11(10)13/h3,5-6,8,13H,7H2,1H3. The van der Waals surface area contributed by atoms with Gasteiger partial charge in [-0.2, -0.15) is 0 Å². The average molecular weight is 186 g/mol. The van der Waals surface area contributed by atoms with Crippen molar-refractivity contribution in [1.29, 1.82) is 0 Å². The van der Waals surface area contributed by atoms with Crippen LogP contribution >= 0.6 is 0 Å². The Morgan fingerprint density at radius 1 is 1.50 bits per heavy atom. The molecule has 0 amide bonds. The third-order valence-electron chi connectivity index (χ3n) is 2.46. The van der Waals surface area contributed by atoms with E-state index in [0.29, 0.717) is 12.0 Å². The van der Waals surface area contributed by atoms with Crippen LogP contribution in [-0.2, 0) is 6.42 Å². The molecule has 14 heavy (non-hydrogen) atoms. The molecule has 1 aromatic rings. The Labute approximate surface area is 82.6 Å². The van der Waals surface area contributed by atoms with Crippen LogP contribution in [0.5, 0.6) is 5.75 Å². The van der Waals surface area contributed by atoms with Gasteiger partial charge in [0.2, 0.25) is 0 Å². The van der Waals surface area contributed by atoms with E-state index in [1.807, 2.05) is 0 Å². The first-order valence-electron chi connectivity index (χ1n) is 4.51. The van der Waals surface area contributed by atoms with Gasteiger partial charge in [-0.25, -0.2) is 0 Å². The van der Waals surface area contributed by atoms with E-state index in [1.54, 1.807) is 25.1 Å². The fourth-order valence-electron chi connectivity index (χ4n) is 1.80. The molecule has 0 aromatic heterocycles. The fourth-order valence-corrected chi connectivity index (χ4v) is 1.80. The third kappa shape index (κ3) is 1.18. The first-order valence-corrected chi connectivity index (χ1v) is 4.51. The predicted octanol–water partition coefficient (Wildman–Crippen LogP) is 1.77. The summed E-state index contributed by atoms with van der Waals surface area (Å²) in [5.74, 6) is 5.58. The van der Waals surface area contributed by atoms with E-state index >= 15 is 0 Å². The van der Waals surface area contributed by atoms with Crippen LogP contribution in [0.2, 0.25) is 0 Å². The maximum Gasteiger partial charge on any atom is 0.178 e. The lowest BCUT2D eigenvalue weighted by atomic mass is 10.1. The number of Topliss-reactive ketones (excluding diaryl/α,β-unsaturated/α-hetero) is 1. The maximum atomic E-state index is 11.7. The molecule has 0 fully saturated rings. The molecule has 2 heteroatoms. The number of phenolic OH excluding ortho intramolecular Hbond substituents is 1. The van der Waals surface area contributed by atoms with Crippen LogP contribution in [0, 0.1) is 17.8 Å². The van der Waals surface area contributed by atoms with Gasteiger partial charge in [-0.15, -0.1) is 5.92 Å². The summed E-state index contributed by atoms with van der Waals surface area (Å²) in [6.07, 6.45) is 0.543. The summed E-state index contributed by atoms with van der Waals surface area (Å²) in [4.78, 5) is 11.7. The number of rotatable bonds is 0. The molecular formula is C12H10O2. The van der Waals surface area contributed by atoms with Gasteiger partial charge in [0.05, 0.1) is 5.92 Å². The van der Waals surface area contributed by atoms with Crippen molar-refractivity contribution in [3.63, 3.8) is 0 Å². The minimum atomic E-state index is -0.261. The zero-order valence-electron chi connectivity index (χ0n) is 7.87. The van der Waals surface area contributed by atoms with E-state index in [9.17, 15) is 9.90 Å². The zero-order valence-corrected chi connectivity index (χ0v) is 7.87. The molecule has 0 saturated heterocycles. The third-order valence-corrected chi connectivity index (χ3v) is 2.46. The topological polar surface area (TPSA) is 37.3 Å². The zero-order chi connectivity index (χ0) is 10.1. The van der Waals surface area contributed by atoms with Crippen molar-refractivity contribution in [3.05, 3.63) is 29.3 Å². The van der Waals surface area contributed by atoms with Crippen molar-refractivity contribution in [1.82, 2.24) is 0 Å². The molecule has 1 aromatic carbocycles. The number of ketones is 1. The fraction of sp³-hybridized carbons (Fsp3) is 0.250. The Bertz CT molecular complexity index is 449. The smallest absolute Gasteiger partial charge is 0.178 e. The molecule has 0 saturated carbocycles. The van der Waals surface area contributed by atoms with Gasteiger partial charge in [-0.1, -0.05) is 18.1 Å². The molecule has 1 aliphatic rings. The Hall–Kier alpha value is -1.75. The summed E-state index contributed by atoms with van der Waals surface area (Å²) < 4.78 is 0. The number of carbonyl (C=O) groups is 1. The summed E-state index contributed by atoms with van der Waals surface area (Å²) in [5.41, 5.74) is 1.36. The highest BCUT2D eigenvalue weighted by Gasteiger charge is 2.30. The van der Waals surface area contributed by atoms with Crippen molar-refractivity contribution in [2.75, 3.05) is 0 Å². The molecule has 1 aliphatic carbocycles. The molecule has 0 heterocycles.